The van der Waals surface area contributed by atoms with Crippen molar-refractivity contribution in [1.29, 1.82) is 0 Å². The van der Waals surface area contributed by atoms with Gasteiger partial charge in [-0.25, -0.2) is 0 Å². The second-order valence-electron chi connectivity index (χ2n) is 2.73. The number of hydrogen-bond donors (Lipinski definition) is 0. The van der Waals surface area contributed by atoms with Gasteiger partial charge in [-0.2, -0.15) is 4.98 Å². The monoisotopic (exact) mass is 180 g/mol. The summed E-state index contributed by atoms with van der Waals surface area (Å²) < 4.78 is 1.93. The summed E-state index contributed by atoms with van der Waals surface area (Å²) in [5.41, 5.74) is 0.781. The molecule has 0 fully saturated rings. The van der Waals surface area contributed by atoms with E-state index in [1.54, 1.807) is 6.07 Å². The molecule has 0 radical (unpaired) electrons. The van der Waals surface area contributed by atoms with Gasteiger partial charge < -0.3 is 0 Å². The van der Waals surface area contributed by atoms with E-state index in [4.69, 9.17) is 0 Å². The van der Waals surface area contributed by atoms with Crippen molar-refractivity contribution in [2.24, 2.45) is 0 Å². The van der Waals surface area contributed by atoms with Gasteiger partial charge in [-0.05, 0) is 13.8 Å². The lowest BCUT2D eigenvalue weighted by Crippen LogP contribution is -2.07. The molecule has 0 saturated heterocycles. The molecule has 2 rings (SSSR count). The van der Waals surface area contributed by atoms with Gasteiger partial charge in [0.1, 0.15) is 0 Å². The van der Waals surface area contributed by atoms with Gasteiger partial charge in [-0.3, -0.25) is 9.20 Å². The number of rotatable bonds is 0. The summed E-state index contributed by atoms with van der Waals surface area (Å²) in [6, 6.07) is 1.54. The topological polar surface area (TPSA) is 34.4 Å². The maximum Gasteiger partial charge on any atom is 0.274 e. The zero-order valence-electron chi connectivity index (χ0n) is 6.87. The lowest BCUT2D eigenvalue weighted by Gasteiger charge is -1.94. The van der Waals surface area contributed by atoms with Crippen LogP contribution >= 0.6 is 11.3 Å². The zero-order chi connectivity index (χ0) is 8.72. The highest BCUT2D eigenvalue weighted by atomic mass is 32.1. The third kappa shape index (κ3) is 1.04. The Morgan fingerprint density at radius 2 is 2.25 bits per heavy atom. The molecule has 0 aliphatic rings. The van der Waals surface area contributed by atoms with Crippen molar-refractivity contribution in [1.82, 2.24) is 9.38 Å². The van der Waals surface area contributed by atoms with Crippen molar-refractivity contribution in [3.63, 3.8) is 0 Å². The van der Waals surface area contributed by atoms with E-state index in [1.807, 2.05) is 24.4 Å². The summed E-state index contributed by atoms with van der Waals surface area (Å²) in [6.07, 6.45) is 1.99. The Hall–Kier alpha value is -1.16. The highest BCUT2D eigenvalue weighted by Crippen LogP contribution is 2.14. The maximum atomic E-state index is 11.0. The molecular formula is C8H8N2OS. The van der Waals surface area contributed by atoms with Gasteiger partial charge in [-0.15, -0.1) is 11.3 Å². The summed E-state index contributed by atoms with van der Waals surface area (Å²) >= 11 is 1.53. The summed E-state index contributed by atoms with van der Waals surface area (Å²) in [7, 11) is 0. The van der Waals surface area contributed by atoms with Gasteiger partial charge in [0.25, 0.3) is 5.56 Å². The Kier molecular flexibility index (Phi) is 1.51. The van der Waals surface area contributed by atoms with Crippen molar-refractivity contribution < 1.29 is 0 Å². The predicted molar refractivity (Wildman–Crippen MR) is 48.8 cm³/mol. The average molecular weight is 180 g/mol. The smallest absolute Gasteiger partial charge is 0.274 e. The predicted octanol–water partition coefficient (Wildman–Crippen LogP) is 1.37. The molecule has 0 bridgehead atoms. The molecule has 62 valence electrons. The van der Waals surface area contributed by atoms with Crippen LogP contribution in [0.1, 0.15) is 10.6 Å². The summed E-state index contributed by atoms with van der Waals surface area (Å²) in [5, 5.41) is 0. The highest BCUT2D eigenvalue weighted by Gasteiger charge is 2.01. The Labute approximate surface area is 73.3 Å². The third-order valence-corrected chi connectivity index (χ3v) is 2.59. The molecule has 2 aromatic rings. The van der Waals surface area contributed by atoms with Gasteiger partial charge in [0.15, 0.2) is 4.96 Å². The Morgan fingerprint density at radius 3 is 3.00 bits per heavy atom. The molecule has 0 aliphatic heterocycles. The largest absolute Gasteiger partial charge is 0.296 e. The molecule has 0 saturated carbocycles. The molecule has 0 unspecified atom stereocenters. The number of aryl methyl sites for hydroxylation is 2. The quantitative estimate of drug-likeness (QED) is 0.613. The number of nitrogens with zero attached hydrogens (tertiary/aromatic N) is 2. The van der Waals surface area contributed by atoms with Gasteiger partial charge >= 0.3 is 0 Å². The van der Waals surface area contributed by atoms with Crippen LogP contribution in [0.3, 0.4) is 0 Å². The zero-order valence-corrected chi connectivity index (χ0v) is 7.68. The first-order valence-electron chi connectivity index (χ1n) is 3.63. The molecule has 0 aromatic carbocycles. The second kappa shape index (κ2) is 2.42. The molecule has 0 aliphatic carbocycles. The second-order valence-corrected chi connectivity index (χ2v) is 3.94. The molecule has 0 atom stereocenters. The number of fused-ring (bicyclic) bond motifs is 1. The van der Waals surface area contributed by atoms with E-state index < -0.39 is 0 Å². The summed E-state index contributed by atoms with van der Waals surface area (Å²) in [6.45, 7) is 3.91. The fourth-order valence-electron chi connectivity index (χ4n) is 1.16. The van der Waals surface area contributed by atoms with Crippen LogP contribution in [0.5, 0.6) is 0 Å². The van der Waals surface area contributed by atoms with Crippen molar-refractivity contribution in [3.8, 4) is 0 Å². The van der Waals surface area contributed by atoms with Crippen molar-refractivity contribution in [3.05, 3.63) is 33.2 Å². The highest BCUT2D eigenvalue weighted by molar-refractivity contribution is 7.16. The normalized spacial score (nSPS) is 10.8. The molecule has 0 N–H and O–H groups in total. The minimum Gasteiger partial charge on any atom is -0.296 e. The molecule has 4 heteroatoms. The third-order valence-electron chi connectivity index (χ3n) is 1.69. The van der Waals surface area contributed by atoms with E-state index in [0.29, 0.717) is 0 Å². The van der Waals surface area contributed by atoms with Crippen molar-refractivity contribution >= 4 is 16.3 Å². The fourth-order valence-corrected chi connectivity index (χ4v) is 2.04. The molecule has 0 spiro atoms. The summed E-state index contributed by atoms with van der Waals surface area (Å²) in [4.78, 5) is 16.8. The number of aromatic nitrogens is 2. The van der Waals surface area contributed by atoms with Gasteiger partial charge in [0.2, 0.25) is 0 Å². The molecule has 12 heavy (non-hydrogen) atoms. The van der Waals surface area contributed by atoms with Crippen LogP contribution in [0.15, 0.2) is 17.1 Å². The van der Waals surface area contributed by atoms with E-state index in [9.17, 15) is 4.79 Å². The first kappa shape index (κ1) is 7.49. The molecule has 2 heterocycles. The van der Waals surface area contributed by atoms with Crippen LogP contribution in [0.2, 0.25) is 0 Å². The molecular weight excluding hydrogens is 172 g/mol. The fraction of sp³-hybridized carbons (Fsp3) is 0.250. The van der Waals surface area contributed by atoms with E-state index >= 15 is 0 Å². The Morgan fingerprint density at radius 1 is 1.50 bits per heavy atom. The summed E-state index contributed by atoms with van der Waals surface area (Å²) in [5.74, 6) is 0. The van der Waals surface area contributed by atoms with Crippen LogP contribution in [-0.2, 0) is 0 Å². The Balaban J connectivity index is 2.97. The Bertz CT molecular complexity index is 483. The molecule has 0 amide bonds. The van der Waals surface area contributed by atoms with Crippen LogP contribution in [0.4, 0.5) is 0 Å². The van der Waals surface area contributed by atoms with E-state index in [1.165, 1.54) is 11.3 Å². The SMILES string of the molecule is Cc1cn2c(C)cc(=O)nc2s1. The van der Waals surface area contributed by atoms with E-state index in [0.717, 1.165) is 15.5 Å². The number of hydrogen-bond acceptors (Lipinski definition) is 3. The van der Waals surface area contributed by atoms with Crippen LogP contribution < -0.4 is 5.56 Å². The van der Waals surface area contributed by atoms with Crippen molar-refractivity contribution in [2.75, 3.05) is 0 Å². The van der Waals surface area contributed by atoms with E-state index in [-0.39, 0.29) is 5.56 Å². The lowest BCUT2D eigenvalue weighted by molar-refractivity contribution is 1.03. The first-order valence-corrected chi connectivity index (χ1v) is 4.45. The lowest BCUT2D eigenvalue weighted by atomic mass is 10.4. The maximum absolute atomic E-state index is 11.0. The van der Waals surface area contributed by atoms with Crippen LogP contribution in [-0.4, -0.2) is 9.38 Å². The van der Waals surface area contributed by atoms with Crippen molar-refractivity contribution in [2.45, 2.75) is 13.8 Å². The number of thiazole rings is 1. The first-order chi connectivity index (χ1) is 5.66. The standard InChI is InChI=1S/C8H8N2OS/c1-5-3-7(11)9-8-10(5)4-6(2)12-8/h3-4H,1-2H3. The minimum atomic E-state index is -0.158. The van der Waals surface area contributed by atoms with Gasteiger partial charge in [0.05, 0.1) is 0 Å². The van der Waals surface area contributed by atoms with Gasteiger partial charge in [-0.1, -0.05) is 0 Å². The molecule has 3 nitrogen and oxygen atoms in total. The van der Waals surface area contributed by atoms with E-state index in [2.05, 4.69) is 4.98 Å². The van der Waals surface area contributed by atoms with Crippen LogP contribution in [0.25, 0.3) is 4.96 Å². The van der Waals surface area contributed by atoms with Gasteiger partial charge in [0, 0.05) is 22.8 Å². The molecule has 2 aromatic heterocycles. The average Bonchev–Trinajstić information content (AvgIpc) is 2.29. The minimum absolute atomic E-state index is 0.158. The van der Waals surface area contributed by atoms with Crippen LogP contribution in [0, 0.1) is 13.8 Å².